The lowest BCUT2D eigenvalue weighted by Crippen LogP contribution is -2.56. The summed E-state index contributed by atoms with van der Waals surface area (Å²) in [5.41, 5.74) is -1.35. The number of ketones is 1. The van der Waals surface area contributed by atoms with Gasteiger partial charge in [0.05, 0.1) is 10.4 Å². The maximum absolute atomic E-state index is 13.6. The predicted molar refractivity (Wildman–Crippen MR) is 123 cm³/mol. The maximum atomic E-state index is 13.6. The Kier molecular flexibility index (Phi) is 7.85. The Morgan fingerprint density at radius 2 is 2.00 bits per heavy atom. The number of carbonyl (C=O) groups excluding carboxylic acids is 2. The van der Waals surface area contributed by atoms with Crippen molar-refractivity contribution in [2.75, 3.05) is 6.54 Å². The largest absolute Gasteiger partial charge is 0.444 e. The first-order valence-electron chi connectivity index (χ1n) is 10.5. The molecule has 2 aromatic rings. The number of aromatic nitrogens is 1. The van der Waals surface area contributed by atoms with Crippen LogP contribution >= 0.6 is 27.3 Å². The van der Waals surface area contributed by atoms with E-state index in [-0.39, 0.29) is 17.3 Å². The first kappa shape index (κ1) is 25.6. The molecule has 0 saturated carbocycles. The average Bonchev–Trinajstić information content (AvgIpc) is 3.12. The normalized spacial score (nSPS) is 18.0. The third kappa shape index (κ3) is 6.77. The van der Waals surface area contributed by atoms with Crippen molar-refractivity contribution >= 4 is 39.1 Å². The predicted octanol–water partition coefficient (Wildman–Crippen LogP) is 5.81. The minimum Gasteiger partial charge on any atom is -0.444 e. The van der Waals surface area contributed by atoms with Crippen molar-refractivity contribution in [2.24, 2.45) is 0 Å². The van der Waals surface area contributed by atoms with Gasteiger partial charge in [0.25, 0.3) is 0 Å². The van der Waals surface area contributed by atoms with Crippen LogP contribution in [0.15, 0.2) is 28.2 Å². The molecule has 6 nitrogen and oxygen atoms in total. The lowest BCUT2D eigenvalue weighted by atomic mass is 9.93. The fraction of sp³-hybridized carbons (Fsp3) is 0.500. The van der Waals surface area contributed by atoms with Gasteiger partial charge in [0.1, 0.15) is 17.3 Å². The second-order valence-corrected chi connectivity index (χ2v) is 11.0. The molecule has 0 radical (unpaired) electrons. The number of ether oxygens (including phenoxy) is 1. The molecule has 1 aliphatic rings. The molecule has 2 unspecified atom stereocenters. The summed E-state index contributed by atoms with van der Waals surface area (Å²) >= 11 is 4.31. The first-order valence-corrected chi connectivity index (χ1v) is 12.1. The highest BCUT2D eigenvalue weighted by molar-refractivity contribution is 9.11. The molecular weight excluding hydrogens is 523 g/mol. The van der Waals surface area contributed by atoms with Gasteiger partial charge in [0.15, 0.2) is 3.92 Å². The van der Waals surface area contributed by atoms with Crippen molar-refractivity contribution in [1.82, 2.24) is 15.6 Å². The number of carbonyl (C=O) groups is 2. The van der Waals surface area contributed by atoms with Crippen molar-refractivity contribution in [3.05, 3.63) is 39.4 Å². The van der Waals surface area contributed by atoms with E-state index in [4.69, 9.17) is 4.74 Å². The minimum absolute atomic E-state index is 0.000341. The zero-order valence-corrected chi connectivity index (χ0v) is 20.8. The number of benzene rings is 1. The van der Waals surface area contributed by atoms with Crippen LogP contribution in [0.2, 0.25) is 0 Å². The summed E-state index contributed by atoms with van der Waals surface area (Å²) in [6.45, 7) is 5.83. The molecule has 33 heavy (non-hydrogen) atoms. The molecule has 2 N–H and O–H groups in total. The monoisotopic (exact) mass is 547 g/mol. The van der Waals surface area contributed by atoms with Crippen molar-refractivity contribution in [2.45, 2.75) is 63.9 Å². The Bertz CT molecular complexity index is 1010. The van der Waals surface area contributed by atoms with E-state index in [9.17, 15) is 22.8 Å². The fourth-order valence-electron chi connectivity index (χ4n) is 3.59. The summed E-state index contributed by atoms with van der Waals surface area (Å²) in [6, 6.07) is 3.42. The zero-order valence-electron chi connectivity index (χ0n) is 18.4. The number of hydrogen-bond donors (Lipinski definition) is 2. The van der Waals surface area contributed by atoms with Crippen molar-refractivity contribution in [1.29, 1.82) is 0 Å². The van der Waals surface area contributed by atoms with Gasteiger partial charge >= 0.3 is 12.3 Å². The quantitative estimate of drug-likeness (QED) is 0.461. The van der Waals surface area contributed by atoms with E-state index < -0.39 is 35.3 Å². The smallest absolute Gasteiger partial charge is 0.416 e. The standard InChI is InChI=1S/C22H25BrF3N3O3S/c1-21(2,3)32-20(31)29-15(14-9-4-5-10-27-14)17(30)16-18(33-19(23)28-16)12-7-6-8-13(11-12)22(24,25)26/h6-8,11,14-15,27H,4-5,9-10H2,1-3H3,(H,29,31). The molecule has 1 aromatic carbocycles. The van der Waals surface area contributed by atoms with E-state index in [0.29, 0.717) is 21.8 Å². The molecule has 0 aliphatic carbocycles. The molecule has 0 bridgehead atoms. The molecule has 2 heterocycles. The molecule has 1 amide bonds. The number of piperidine rings is 1. The third-order valence-corrected chi connectivity index (χ3v) is 6.55. The van der Waals surface area contributed by atoms with E-state index in [1.807, 2.05) is 0 Å². The molecule has 1 aromatic heterocycles. The summed E-state index contributed by atoms with van der Waals surface area (Å²) in [5, 5.41) is 5.92. The van der Waals surface area contributed by atoms with Gasteiger partial charge in [-0.05, 0) is 73.8 Å². The number of alkyl halides is 3. The SMILES string of the molecule is CC(C)(C)OC(=O)NC(C(=O)c1nc(Br)sc1-c1cccc(C(F)(F)F)c1)C1CCCCN1. The second-order valence-electron chi connectivity index (χ2n) is 8.77. The highest BCUT2D eigenvalue weighted by Crippen LogP contribution is 2.37. The Morgan fingerprint density at radius 1 is 1.27 bits per heavy atom. The number of halogens is 4. The average molecular weight is 548 g/mol. The van der Waals surface area contributed by atoms with Crippen LogP contribution in [0.1, 0.15) is 56.1 Å². The van der Waals surface area contributed by atoms with Gasteiger partial charge in [-0.15, -0.1) is 11.3 Å². The molecule has 0 spiro atoms. The van der Waals surface area contributed by atoms with Crippen LogP contribution in [0.25, 0.3) is 10.4 Å². The van der Waals surface area contributed by atoms with E-state index >= 15 is 0 Å². The van der Waals surface area contributed by atoms with E-state index in [1.165, 1.54) is 12.1 Å². The number of nitrogens with zero attached hydrogens (tertiary/aromatic N) is 1. The lowest BCUT2D eigenvalue weighted by molar-refractivity contribution is -0.137. The summed E-state index contributed by atoms with van der Waals surface area (Å²) in [7, 11) is 0. The van der Waals surface area contributed by atoms with Gasteiger partial charge in [-0.1, -0.05) is 18.6 Å². The lowest BCUT2D eigenvalue weighted by Gasteiger charge is -2.31. The topological polar surface area (TPSA) is 80.3 Å². The van der Waals surface area contributed by atoms with Gasteiger partial charge in [-0.2, -0.15) is 13.2 Å². The van der Waals surface area contributed by atoms with Gasteiger partial charge in [0.2, 0.25) is 5.78 Å². The van der Waals surface area contributed by atoms with Crippen LogP contribution < -0.4 is 10.6 Å². The van der Waals surface area contributed by atoms with Crippen LogP contribution in [-0.2, 0) is 10.9 Å². The van der Waals surface area contributed by atoms with Crippen LogP contribution in [0.3, 0.4) is 0 Å². The van der Waals surface area contributed by atoms with Gasteiger partial charge in [-0.25, -0.2) is 9.78 Å². The number of alkyl carbamates (subject to hydrolysis) is 1. The Balaban J connectivity index is 1.97. The van der Waals surface area contributed by atoms with Crippen LogP contribution in [0.5, 0.6) is 0 Å². The summed E-state index contributed by atoms with van der Waals surface area (Å²) < 4.78 is 45.4. The third-order valence-electron chi connectivity index (χ3n) is 4.99. The number of thiazole rings is 1. The van der Waals surface area contributed by atoms with Gasteiger partial charge < -0.3 is 15.4 Å². The molecule has 3 rings (SSSR count). The van der Waals surface area contributed by atoms with Crippen molar-refractivity contribution < 1.29 is 27.5 Å². The van der Waals surface area contributed by atoms with Crippen molar-refractivity contribution in [3.63, 3.8) is 0 Å². The van der Waals surface area contributed by atoms with Crippen LogP contribution in [-0.4, -0.2) is 41.1 Å². The molecule has 1 saturated heterocycles. The number of nitrogens with one attached hydrogen (secondary N) is 2. The Labute approximate surface area is 202 Å². The highest BCUT2D eigenvalue weighted by Gasteiger charge is 2.36. The van der Waals surface area contributed by atoms with E-state index in [0.717, 1.165) is 36.3 Å². The molecule has 1 aliphatic heterocycles. The number of amides is 1. The number of Topliss-reactive ketones (excluding diaryl/α,β-unsaturated/α-hetero) is 1. The number of rotatable bonds is 5. The van der Waals surface area contributed by atoms with Crippen LogP contribution in [0.4, 0.5) is 18.0 Å². The summed E-state index contributed by atoms with van der Waals surface area (Å²) in [6.07, 6.45) is -2.80. The minimum atomic E-state index is -4.52. The molecular formula is C22H25BrF3N3O3S. The van der Waals surface area contributed by atoms with Crippen molar-refractivity contribution in [3.8, 4) is 10.4 Å². The number of hydrogen-bond acceptors (Lipinski definition) is 6. The summed E-state index contributed by atoms with van der Waals surface area (Å²) in [4.78, 5) is 30.7. The van der Waals surface area contributed by atoms with Gasteiger partial charge in [-0.3, -0.25) is 4.79 Å². The second kappa shape index (κ2) is 10.1. The van der Waals surface area contributed by atoms with Crippen LogP contribution in [0, 0.1) is 0 Å². The molecule has 11 heteroatoms. The van der Waals surface area contributed by atoms with E-state index in [1.54, 1.807) is 20.8 Å². The zero-order chi connectivity index (χ0) is 24.4. The first-order chi connectivity index (χ1) is 15.3. The maximum Gasteiger partial charge on any atom is 0.416 e. The van der Waals surface area contributed by atoms with Gasteiger partial charge in [0, 0.05) is 6.04 Å². The fourth-order valence-corrected chi connectivity index (χ4v) is 5.04. The molecule has 2 atom stereocenters. The summed E-state index contributed by atoms with van der Waals surface area (Å²) in [5.74, 6) is -0.491. The molecule has 180 valence electrons. The highest BCUT2D eigenvalue weighted by atomic mass is 79.9. The van der Waals surface area contributed by atoms with E-state index in [2.05, 4.69) is 31.5 Å². The Hall–Kier alpha value is -1.98. The Morgan fingerprint density at radius 3 is 2.61 bits per heavy atom. The molecule has 1 fully saturated rings.